The summed E-state index contributed by atoms with van der Waals surface area (Å²) < 4.78 is 5.22. The molecule has 0 aliphatic carbocycles. The zero-order valence-electron chi connectivity index (χ0n) is 17.9. The van der Waals surface area contributed by atoms with Crippen molar-refractivity contribution in [1.29, 1.82) is 0 Å². The van der Waals surface area contributed by atoms with Crippen LogP contribution in [0.25, 0.3) is 0 Å². The predicted molar refractivity (Wildman–Crippen MR) is 116 cm³/mol. The first-order valence-corrected chi connectivity index (χ1v) is 10.2. The second kappa shape index (κ2) is 11.2. The summed E-state index contributed by atoms with van der Waals surface area (Å²) in [5.74, 6) is 0.615. The van der Waals surface area contributed by atoms with Crippen LogP contribution in [0.3, 0.4) is 0 Å². The van der Waals surface area contributed by atoms with E-state index in [2.05, 4.69) is 5.32 Å². The summed E-state index contributed by atoms with van der Waals surface area (Å²) in [6, 6.07) is 15.0. The van der Waals surface area contributed by atoms with E-state index in [1.807, 2.05) is 69.3 Å². The second-order valence-electron chi connectivity index (χ2n) is 7.25. The molecule has 0 radical (unpaired) electrons. The van der Waals surface area contributed by atoms with Gasteiger partial charge in [-0.3, -0.25) is 9.59 Å². The summed E-state index contributed by atoms with van der Waals surface area (Å²) in [5.41, 5.74) is 3.04. The first kappa shape index (κ1) is 22.5. The number of amides is 2. The van der Waals surface area contributed by atoms with Gasteiger partial charge in [-0.2, -0.15) is 0 Å². The molecule has 0 aliphatic rings. The number of nitrogens with one attached hydrogen (secondary N) is 1. The zero-order valence-corrected chi connectivity index (χ0v) is 17.9. The van der Waals surface area contributed by atoms with E-state index in [0.717, 1.165) is 28.9 Å². The van der Waals surface area contributed by atoms with Crippen LogP contribution in [0.5, 0.6) is 5.75 Å². The fraction of sp³-hybridized carbons (Fsp3) is 0.417. The number of methoxy groups -OCH3 is 1. The van der Waals surface area contributed by atoms with Gasteiger partial charge in [0.2, 0.25) is 11.8 Å². The third kappa shape index (κ3) is 6.63. The van der Waals surface area contributed by atoms with Crippen LogP contribution >= 0.6 is 0 Å². The summed E-state index contributed by atoms with van der Waals surface area (Å²) in [5, 5.41) is 2.94. The number of benzene rings is 2. The van der Waals surface area contributed by atoms with E-state index in [0.29, 0.717) is 19.5 Å². The second-order valence-corrected chi connectivity index (χ2v) is 7.25. The van der Waals surface area contributed by atoms with Crippen molar-refractivity contribution in [2.45, 2.75) is 52.6 Å². The van der Waals surface area contributed by atoms with Crippen molar-refractivity contribution in [1.82, 2.24) is 10.2 Å². The molecule has 0 heterocycles. The summed E-state index contributed by atoms with van der Waals surface area (Å²) in [4.78, 5) is 27.7. The molecule has 0 fully saturated rings. The number of ether oxygens (including phenoxy) is 1. The molecule has 2 aromatic carbocycles. The average Bonchev–Trinajstić information content (AvgIpc) is 2.72. The SMILES string of the molecule is CCCNC(=O)C(CC)N(Cc1ccc(OC)cc1)C(=O)Cc1cccc(C)c1. The van der Waals surface area contributed by atoms with E-state index in [9.17, 15) is 9.59 Å². The summed E-state index contributed by atoms with van der Waals surface area (Å²) in [6.45, 7) is 6.96. The first-order chi connectivity index (χ1) is 14.0. The largest absolute Gasteiger partial charge is 0.497 e. The van der Waals surface area contributed by atoms with Crippen molar-refractivity contribution in [3.63, 3.8) is 0 Å². The summed E-state index contributed by atoms with van der Waals surface area (Å²) in [7, 11) is 1.62. The molecule has 5 heteroatoms. The van der Waals surface area contributed by atoms with Gasteiger partial charge in [0.15, 0.2) is 0 Å². The minimum absolute atomic E-state index is 0.0510. The van der Waals surface area contributed by atoms with Gasteiger partial charge in [0.25, 0.3) is 0 Å². The van der Waals surface area contributed by atoms with Gasteiger partial charge in [-0.1, -0.05) is 55.8 Å². The van der Waals surface area contributed by atoms with E-state index in [1.165, 1.54) is 0 Å². The van der Waals surface area contributed by atoms with Crippen LogP contribution in [0.2, 0.25) is 0 Å². The predicted octanol–water partition coefficient (Wildman–Crippen LogP) is 3.88. The molecule has 2 rings (SSSR count). The van der Waals surface area contributed by atoms with E-state index < -0.39 is 6.04 Å². The van der Waals surface area contributed by atoms with Crippen LogP contribution < -0.4 is 10.1 Å². The number of hydrogen-bond acceptors (Lipinski definition) is 3. The van der Waals surface area contributed by atoms with E-state index in [1.54, 1.807) is 12.0 Å². The zero-order chi connectivity index (χ0) is 21.2. The lowest BCUT2D eigenvalue weighted by atomic mass is 10.1. The fourth-order valence-corrected chi connectivity index (χ4v) is 3.31. The van der Waals surface area contributed by atoms with Gasteiger partial charge in [-0.05, 0) is 43.0 Å². The maximum absolute atomic E-state index is 13.3. The average molecular weight is 397 g/mol. The van der Waals surface area contributed by atoms with Gasteiger partial charge in [-0.15, -0.1) is 0 Å². The monoisotopic (exact) mass is 396 g/mol. The minimum Gasteiger partial charge on any atom is -0.497 e. The Bertz CT molecular complexity index is 802. The third-order valence-electron chi connectivity index (χ3n) is 4.88. The van der Waals surface area contributed by atoms with Gasteiger partial charge >= 0.3 is 0 Å². The highest BCUT2D eigenvalue weighted by atomic mass is 16.5. The van der Waals surface area contributed by atoms with Crippen LogP contribution in [0.15, 0.2) is 48.5 Å². The van der Waals surface area contributed by atoms with E-state index in [-0.39, 0.29) is 18.2 Å². The Balaban J connectivity index is 2.26. The molecule has 0 bridgehead atoms. The van der Waals surface area contributed by atoms with Crippen molar-refractivity contribution in [2.24, 2.45) is 0 Å². The summed E-state index contributed by atoms with van der Waals surface area (Å²) >= 11 is 0. The smallest absolute Gasteiger partial charge is 0.242 e. The number of aryl methyl sites for hydroxylation is 1. The fourth-order valence-electron chi connectivity index (χ4n) is 3.31. The van der Waals surface area contributed by atoms with Crippen LogP contribution in [0.1, 0.15) is 43.4 Å². The lowest BCUT2D eigenvalue weighted by molar-refractivity contribution is -0.140. The maximum Gasteiger partial charge on any atom is 0.242 e. The van der Waals surface area contributed by atoms with Crippen LogP contribution in [-0.2, 0) is 22.6 Å². The van der Waals surface area contributed by atoms with Gasteiger partial charge in [0.05, 0.1) is 13.5 Å². The molecule has 5 nitrogen and oxygen atoms in total. The minimum atomic E-state index is -0.499. The molecule has 2 aromatic rings. The van der Waals surface area contributed by atoms with Crippen LogP contribution in [-0.4, -0.2) is 36.4 Å². The molecule has 0 saturated carbocycles. The molecular weight excluding hydrogens is 364 g/mol. The van der Waals surface area contributed by atoms with Crippen molar-refractivity contribution < 1.29 is 14.3 Å². The van der Waals surface area contributed by atoms with Crippen molar-refractivity contribution in [3.05, 3.63) is 65.2 Å². The quantitative estimate of drug-likeness (QED) is 0.663. The molecule has 1 N–H and O–H groups in total. The molecule has 1 atom stereocenters. The van der Waals surface area contributed by atoms with Gasteiger partial charge in [0, 0.05) is 13.1 Å². The Morgan fingerprint density at radius 1 is 1.07 bits per heavy atom. The molecule has 0 spiro atoms. The summed E-state index contributed by atoms with van der Waals surface area (Å²) in [6.07, 6.45) is 1.69. The molecule has 1 unspecified atom stereocenters. The Hall–Kier alpha value is -2.82. The molecule has 0 saturated heterocycles. The number of carbonyl (C=O) groups excluding carboxylic acids is 2. The molecule has 29 heavy (non-hydrogen) atoms. The molecule has 156 valence electrons. The topological polar surface area (TPSA) is 58.6 Å². The number of hydrogen-bond donors (Lipinski definition) is 1. The highest BCUT2D eigenvalue weighted by Crippen LogP contribution is 2.18. The van der Waals surface area contributed by atoms with Gasteiger partial charge in [-0.25, -0.2) is 0 Å². The molecule has 0 aromatic heterocycles. The highest BCUT2D eigenvalue weighted by molar-refractivity contribution is 5.88. The third-order valence-corrected chi connectivity index (χ3v) is 4.88. The number of carbonyl (C=O) groups is 2. The van der Waals surface area contributed by atoms with Crippen molar-refractivity contribution in [3.8, 4) is 5.75 Å². The molecular formula is C24H32N2O3. The van der Waals surface area contributed by atoms with Crippen molar-refractivity contribution in [2.75, 3.05) is 13.7 Å². The first-order valence-electron chi connectivity index (χ1n) is 10.2. The van der Waals surface area contributed by atoms with Gasteiger partial charge < -0.3 is 15.0 Å². The van der Waals surface area contributed by atoms with Gasteiger partial charge in [0.1, 0.15) is 11.8 Å². The number of nitrogens with zero attached hydrogens (tertiary/aromatic N) is 1. The molecule has 2 amide bonds. The lowest BCUT2D eigenvalue weighted by Gasteiger charge is -2.31. The normalized spacial score (nSPS) is 11.6. The van der Waals surface area contributed by atoms with Crippen LogP contribution in [0, 0.1) is 6.92 Å². The lowest BCUT2D eigenvalue weighted by Crippen LogP contribution is -2.49. The Labute approximate surface area is 174 Å². The Morgan fingerprint density at radius 2 is 1.79 bits per heavy atom. The van der Waals surface area contributed by atoms with Crippen molar-refractivity contribution >= 4 is 11.8 Å². The maximum atomic E-state index is 13.3. The van der Waals surface area contributed by atoms with E-state index >= 15 is 0 Å². The highest BCUT2D eigenvalue weighted by Gasteiger charge is 2.28. The number of rotatable bonds is 10. The van der Waals surface area contributed by atoms with E-state index in [4.69, 9.17) is 4.74 Å². The molecule has 0 aliphatic heterocycles. The van der Waals surface area contributed by atoms with Crippen LogP contribution in [0.4, 0.5) is 0 Å². The standard InChI is InChI=1S/C24H32N2O3/c1-5-14-25-24(28)22(6-2)26(17-19-10-12-21(29-4)13-11-19)23(27)16-20-9-7-8-18(3)15-20/h7-13,15,22H,5-6,14,16-17H2,1-4H3,(H,25,28). The Morgan fingerprint density at radius 3 is 2.38 bits per heavy atom. The Kier molecular flexibility index (Phi) is 8.71.